The predicted octanol–water partition coefficient (Wildman–Crippen LogP) is 1.13. The van der Waals surface area contributed by atoms with Gasteiger partial charge in [-0.3, -0.25) is 0 Å². The summed E-state index contributed by atoms with van der Waals surface area (Å²) < 4.78 is 0. The monoisotopic (exact) mass is 121 g/mol. The Morgan fingerprint density at radius 3 is 3.33 bits per heavy atom. The lowest BCUT2D eigenvalue weighted by Gasteiger charge is -2.04. The first-order chi connectivity index (χ1) is 4.43. The van der Waals surface area contributed by atoms with Crippen molar-refractivity contribution in [1.29, 1.82) is 0 Å². The SMILES string of the molecule is C#CC1CCC=CNC1. The number of terminal acetylenes is 1. The fourth-order valence-corrected chi connectivity index (χ4v) is 0.919. The zero-order valence-corrected chi connectivity index (χ0v) is 5.43. The van der Waals surface area contributed by atoms with E-state index in [0.717, 1.165) is 19.4 Å². The minimum Gasteiger partial charge on any atom is -0.390 e. The van der Waals surface area contributed by atoms with Gasteiger partial charge in [-0.25, -0.2) is 0 Å². The summed E-state index contributed by atoms with van der Waals surface area (Å²) in [6.07, 6.45) is 11.6. The predicted molar refractivity (Wildman–Crippen MR) is 38.7 cm³/mol. The van der Waals surface area contributed by atoms with Crippen molar-refractivity contribution in [2.75, 3.05) is 6.54 Å². The standard InChI is InChI=1S/C8H11N/c1-2-8-5-3-4-6-9-7-8/h1,4,6,8-9H,3,5,7H2. The largest absolute Gasteiger partial charge is 0.390 e. The molecule has 9 heavy (non-hydrogen) atoms. The first-order valence-corrected chi connectivity index (χ1v) is 3.28. The smallest absolute Gasteiger partial charge is 0.0375 e. The van der Waals surface area contributed by atoms with Gasteiger partial charge >= 0.3 is 0 Å². The third-order valence-electron chi connectivity index (χ3n) is 1.52. The van der Waals surface area contributed by atoms with Gasteiger partial charge in [-0.15, -0.1) is 12.3 Å². The van der Waals surface area contributed by atoms with Crippen LogP contribution in [0.4, 0.5) is 0 Å². The molecule has 1 aliphatic heterocycles. The van der Waals surface area contributed by atoms with Crippen LogP contribution in [0.15, 0.2) is 12.3 Å². The quantitative estimate of drug-likeness (QED) is 0.474. The number of hydrogen-bond acceptors (Lipinski definition) is 1. The number of hydrogen-bond donors (Lipinski definition) is 1. The van der Waals surface area contributed by atoms with Crippen LogP contribution in [-0.2, 0) is 0 Å². The lowest BCUT2D eigenvalue weighted by Crippen LogP contribution is -2.14. The lowest BCUT2D eigenvalue weighted by atomic mass is 10.1. The Balaban J connectivity index is 2.37. The van der Waals surface area contributed by atoms with E-state index < -0.39 is 0 Å². The topological polar surface area (TPSA) is 12.0 Å². The number of rotatable bonds is 0. The summed E-state index contributed by atoms with van der Waals surface area (Å²) >= 11 is 0. The van der Waals surface area contributed by atoms with E-state index in [1.165, 1.54) is 0 Å². The number of allylic oxidation sites excluding steroid dienone is 1. The fraction of sp³-hybridized carbons (Fsp3) is 0.500. The number of nitrogens with one attached hydrogen (secondary N) is 1. The Kier molecular flexibility index (Phi) is 2.21. The van der Waals surface area contributed by atoms with E-state index in [0.29, 0.717) is 5.92 Å². The van der Waals surface area contributed by atoms with Crippen LogP contribution in [0.3, 0.4) is 0 Å². The van der Waals surface area contributed by atoms with Crippen molar-refractivity contribution in [1.82, 2.24) is 5.32 Å². The van der Waals surface area contributed by atoms with E-state index in [1.807, 2.05) is 6.20 Å². The summed E-state index contributed by atoms with van der Waals surface area (Å²) in [5.41, 5.74) is 0. The second-order valence-electron chi connectivity index (χ2n) is 2.25. The van der Waals surface area contributed by atoms with Crippen molar-refractivity contribution < 1.29 is 0 Å². The van der Waals surface area contributed by atoms with Crippen molar-refractivity contribution >= 4 is 0 Å². The second kappa shape index (κ2) is 3.19. The molecule has 0 amide bonds. The molecule has 1 unspecified atom stereocenters. The Morgan fingerprint density at radius 1 is 1.67 bits per heavy atom. The summed E-state index contributed by atoms with van der Waals surface area (Å²) in [5, 5.41) is 3.13. The van der Waals surface area contributed by atoms with Crippen LogP contribution in [0.25, 0.3) is 0 Å². The van der Waals surface area contributed by atoms with Crippen LogP contribution in [0.1, 0.15) is 12.8 Å². The van der Waals surface area contributed by atoms with Crippen molar-refractivity contribution in [2.45, 2.75) is 12.8 Å². The van der Waals surface area contributed by atoms with Gasteiger partial charge in [-0.2, -0.15) is 0 Å². The molecule has 0 radical (unpaired) electrons. The van der Waals surface area contributed by atoms with Crippen LogP contribution < -0.4 is 5.32 Å². The molecular formula is C8H11N. The highest BCUT2D eigenvalue weighted by Crippen LogP contribution is 2.06. The Labute approximate surface area is 56.1 Å². The first kappa shape index (κ1) is 6.22. The molecule has 1 rings (SSSR count). The molecule has 0 aromatic heterocycles. The first-order valence-electron chi connectivity index (χ1n) is 3.28. The van der Waals surface area contributed by atoms with Gasteiger partial charge in [0, 0.05) is 12.5 Å². The van der Waals surface area contributed by atoms with E-state index in [-0.39, 0.29) is 0 Å². The highest BCUT2D eigenvalue weighted by Gasteiger charge is 2.03. The molecule has 1 atom stereocenters. The van der Waals surface area contributed by atoms with Crippen molar-refractivity contribution in [3.8, 4) is 12.3 Å². The normalized spacial score (nSPS) is 25.9. The molecule has 0 saturated carbocycles. The Morgan fingerprint density at radius 2 is 2.56 bits per heavy atom. The van der Waals surface area contributed by atoms with Crippen molar-refractivity contribution in [3.05, 3.63) is 12.3 Å². The van der Waals surface area contributed by atoms with Gasteiger partial charge in [-0.1, -0.05) is 6.08 Å². The summed E-state index contributed by atoms with van der Waals surface area (Å²) in [7, 11) is 0. The fourth-order valence-electron chi connectivity index (χ4n) is 0.919. The van der Waals surface area contributed by atoms with Crippen LogP contribution in [0.5, 0.6) is 0 Å². The van der Waals surface area contributed by atoms with E-state index in [1.54, 1.807) is 0 Å². The molecule has 1 N–H and O–H groups in total. The molecule has 0 aromatic carbocycles. The minimum atomic E-state index is 0.431. The molecule has 1 aliphatic rings. The van der Waals surface area contributed by atoms with E-state index in [9.17, 15) is 0 Å². The molecular weight excluding hydrogens is 110 g/mol. The van der Waals surface area contributed by atoms with Crippen LogP contribution in [0, 0.1) is 18.3 Å². The van der Waals surface area contributed by atoms with E-state index in [2.05, 4.69) is 17.3 Å². The summed E-state index contributed by atoms with van der Waals surface area (Å²) in [4.78, 5) is 0. The summed E-state index contributed by atoms with van der Waals surface area (Å²) in [6, 6.07) is 0. The summed E-state index contributed by atoms with van der Waals surface area (Å²) in [5.74, 6) is 3.17. The van der Waals surface area contributed by atoms with Gasteiger partial charge < -0.3 is 5.32 Å². The van der Waals surface area contributed by atoms with Gasteiger partial charge in [-0.05, 0) is 19.0 Å². The molecule has 0 bridgehead atoms. The van der Waals surface area contributed by atoms with Crippen molar-refractivity contribution in [3.63, 3.8) is 0 Å². The van der Waals surface area contributed by atoms with Gasteiger partial charge in [0.05, 0.1) is 0 Å². The van der Waals surface area contributed by atoms with Gasteiger partial charge in [0.25, 0.3) is 0 Å². The third kappa shape index (κ3) is 1.81. The minimum absolute atomic E-state index is 0.431. The molecule has 1 heterocycles. The van der Waals surface area contributed by atoms with Gasteiger partial charge in [0.15, 0.2) is 0 Å². The van der Waals surface area contributed by atoms with Gasteiger partial charge in [0.2, 0.25) is 0 Å². The molecule has 0 aliphatic carbocycles. The van der Waals surface area contributed by atoms with Crippen molar-refractivity contribution in [2.24, 2.45) is 5.92 Å². The molecule has 0 saturated heterocycles. The highest BCUT2D eigenvalue weighted by atomic mass is 14.8. The lowest BCUT2D eigenvalue weighted by molar-refractivity contribution is 0.608. The Hall–Kier alpha value is -0.900. The van der Waals surface area contributed by atoms with Gasteiger partial charge in [0.1, 0.15) is 0 Å². The Bertz CT molecular complexity index is 131. The van der Waals surface area contributed by atoms with Crippen LogP contribution in [0.2, 0.25) is 0 Å². The molecule has 0 fully saturated rings. The van der Waals surface area contributed by atoms with Crippen LogP contribution in [-0.4, -0.2) is 6.54 Å². The van der Waals surface area contributed by atoms with E-state index >= 15 is 0 Å². The maximum absolute atomic E-state index is 5.25. The molecule has 1 nitrogen and oxygen atoms in total. The average Bonchev–Trinajstić information content (AvgIpc) is 2.13. The molecule has 0 aromatic rings. The van der Waals surface area contributed by atoms with Crippen LogP contribution >= 0.6 is 0 Å². The zero-order chi connectivity index (χ0) is 6.53. The zero-order valence-electron chi connectivity index (χ0n) is 5.43. The molecule has 0 spiro atoms. The van der Waals surface area contributed by atoms with E-state index in [4.69, 9.17) is 6.42 Å². The highest BCUT2D eigenvalue weighted by molar-refractivity contribution is 4.98. The maximum Gasteiger partial charge on any atom is 0.0375 e. The third-order valence-corrected chi connectivity index (χ3v) is 1.52. The maximum atomic E-state index is 5.25. The second-order valence-corrected chi connectivity index (χ2v) is 2.25. The molecule has 48 valence electrons. The molecule has 1 heteroatoms. The average molecular weight is 121 g/mol. The summed E-state index contributed by atoms with van der Waals surface area (Å²) in [6.45, 7) is 0.938.